The Balaban J connectivity index is 3.17. The summed E-state index contributed by atoms with van der Waals surface area (Å²) >= 11 is 0. The Labute approximate surface area is 62.1 Å². The van der Waals surface area contributed by atoms with E-state index >= 15 is 0 Å². The van der Waals surface area contributed by atoms with Crippen LogP contribution in [0, 0.1) is 5.95 Å². The summed E-state index contributed by atoms with van der Waals surface area (Å²) in [6.07, 6.45) is 1.03. The molecule has 4 nitrogen and oxygen atoms in total. The molecule has 0 amide bonds. The zero-order valence-electron chi connectivity index (χ0n) is 5.40. The van der Waals surface area contributed by atoms with Gasteiger partial charge in [-0.15, -0.1) is 0 Å². The topological polar surface area (TPSA) is 73.6 Å². The maximum atomic E-state index is 12.4. The van der Waals surface area contributed by atoms with Crippen molar-refractivity contribution in [3.63, 3.8) is 0 Å². The van der Waals surface area contributed by atoms with Gasteiger partial charge in [0.1, 0.15) is 0 Å². The van der Waals surface area contributed by atoms with Gasteiger partial charge < -0.3 is 15.2 Å². The van der Waals surface area contributed by atoms with Crippen LogP contribution >= 0.6 is 0 Å². The van der Waals surface area contributed by atoms with Gasteiger partial charge in [0.15, 0.2) is 5.75 Å². The van der Waals surface area contributed by atoms with Crippen LogP contribution in [0.5, 0.6) is 5.75 Å². The summed E-state index contributed by atoms with van der Waals surface area (Å²) in [6, 6.07) is 1.11. The van der Waals surface area contributed by atoms with E-state index in [1.54, 1.807) is 0 Å². The summed E-state index contributed by atoms with van der Waals surface area (Å²) in [5, 5.41) is 25.9. The van der Waals surface area contributed by atoms with Gasteiger partial charge in [-0.25, -0.2) is 4.98 Å². The molecule has 0 atom stereocenters. The fourth-order valence-corrected chi connectivity index (χ4v) is 0.651. The van der Waals surface area contributed by atoms with E-state index in [1.807, 2.05) is 0 Å². The number of rotatable bonds is 1. The summed E-state index contributed by atoms with van der Waals surface area (Å²) in [6.45, 7) is 0. The fraction of sp³-hybridized carbons (Fsp3) is 0. The lowest BCUT2D eigenvalue weighted by molar-refractivity contribution is 0.404. The van der Waals surface area contributed by atoms with Crippen LogP contribution in [0.15, 0.2) is 12.3 Å². The Morgan fingerprint density at radius 3 is 2.55 bits per heavy atom. The fourth-order valence-electron chi connectivity index (χ4n) is 0.651. The molecule has 6 heteroatoms. The van der Waals surface area contributed by atoms with E-state index in [-0.39, 0.29) is 5.46 Å². The SMILES string of the molecule is OB(O)c1ccnc(F)c1O. The summed E-state index contributed by atoms with van der Waals surface area (Å²) in [5.74, 6) is -1.95. The van der Waals surface area contributed by atoms with E-state index in [2.05, 4.69) is 4.98 Å². The third-order valence-corrected chi connectivity index (χ3v) is 1.19. The Morgan fingerprint density at radius 2 is 2.09 bits per heavy atom. The van der Waals surface area contributed by atoms with Crippen LogP contribution in [0.4, 0.5) is 4.39 Å². The van der Waals surface area contributed by atoms with E-state index in [4.69, 9.17) is 15.2 Å². The van der Waals surface area contributed by atoms with Crippen molar-refractivity contribution in [2.24, 2.45) is 0 Å². The van der Waals surface area contributed by atoms with Crippen LogP contribution in [0.25, 0.3) is 0 Å². The van der Waals surface area contributed by atoms with E-state index in [1.165, 1.54) is 0 Å². The molecule has 3 N–H and O–H groups in total. The van der Waals surface area contributed by atoms with Gasteiger partial charge in [0, 0.05) is 11.7 Å². The van der Waals surface area contributed by atoms with Gasteiger partial charge in [-0.05, 0) is 6.07 Å². The highest BCUT2D eigenvalue weighted by atomic mass is 19.1. The van der Waals surface area contributed by atoms with Gasteiger partial charge >= 0.3 is 7.12 Å². The largest absolute Gasteiger partial charge is 0.504 e. The molecule has 0 bridgehead atoms. The predicted octanol–water partition coefficient (Wildman–Crippen LogP) is -1.39. The van der Waals surface area contributed by atoms with E-state index < -0.39 is 18.8 Å². The minimum Gasteiger partial charge on any atom is -0.504 e. The monoisotopic (exact) mass is 157 g/mol. The second-order valence-electron chi connectivity index (χ2n) is 1.91. The first kappa shape index (κ1) is 7.97. The Hall–Kier alpha value is -1.14. The predicted molar refractivity (Wildman–Crippen MR) is 35.7 cm³/mol. The maximum Gasteiger partial charge on any atom is 0.492 e. The molecule has 58 valence electrons. The lowest BCUT2D eigenvalue weighted by Gasteiger charge is -2.01. The molecule has 0 aliphatic carbocycles. The maximum absolute atomic E-state index is 12.4. The first-order chi connectivity index (χ1) is 5.13. The molecule has 1 rings (SSSR count). The number of nitrogens with zero attached hydrogens (tertiary/aromatic N) is 1. The third-order valence-electron chi connectivity index (χ3n) is 1.19. The molecule has 0 radical (unpaired) electrons. The first-order valence-electron chi connectivity index (χ1n) is 2.82. The Bertz CT molecular complexity index is 268. The molecule has 0 aliphatic rings. The van der Waals surface area contributed by atoms with Crippen LogP contribution in [-0.2, 0) is 0 Å². The standard InChI is InChI=1S/C5H5BFNO3/c7-5-4(9)3(6(10)11)1-2-8-5/h1-2,9-11H. The molecule has 0 aliphatic heterocycles. The second-order valence-corrected chi connectivity index (χ2v) is 1.91. The Morgan fingerprint density at radius 1 is 1.45 bits per heavy atom. The summed E-state index contributed by atoms with van der Waals surface area (Å²) in [7, 11) is -1.88. The molecule has 11 heavy (non-hydrogen) atoms. The van der Waals surface area contributed by atoms with Crippen molar-refractivity contribution in [3.8, 4) is 5.75 Å². The van der Waals surface area contributed by atoms with Crippen LogP contribution < -0.4 is 5.46 Å². The molecular weight excluding hydrogens is 152 g/mol. The quantitative estimate of drug-likeness (QED) is 0.346. The van der Waals surface area contributed by atoms with Crippen molar-refractivity contribution in [2.45, 2.75) is 0 Å². The van der Waals surface area contributed by atoms with Crippen LogP contribution in [-0.4, -0.2) is 27.3 Å². The summed E-state index contributed by atoms with van der Waals surface area (Å²) in [5.41, 5.74) is -0.294. The number of halogens is 1. The number of aromatic hydroxyl groups is 1. The second kappa shape index (κ2) is 2.85. The molecular formula is C5H5BFNO3. The molecule has 1 aromatic heterocycles. The number of hydrogen-bond donors (Lipinski definition) is 3. The molecule has 1 heterocycles. The van der Waals surface area contributed by atoms with Gasteiger partial charge in [0.05, 0.1) is 0 Å². The Kier molecular flexibility index (Phi) is 2.07. The normalized spacial score (nSPS) is 9.73. The van der Waals surface area contributed by atoms with Gasteiger partial charge in [-0.2, -0.15) is 4.39 Å². The molecule has 0 unspecified atom stereocenters. The van der Waals surface area contributed by atoms with E-state index in [0.717, 1.165) is 12.3 Å². The molecule has 0 saturated heterocycles. The molecule has 0 spiro atoms. The molecule has 1 aromatic rings. The van der Waals surface area contributed by atoms with Crippen molar-refractivity contribution in [1.82, 2.24) is 4.98 Å². The summed E-state index contributed by atoms with van der Waals surface area (Å²) < 4.78 is 12.4. The zero-order chi connectivity index (χ0) is 8.43. The first-order valence-corrected chi connectivity index (χ1v) is 2.82. The van der Waals surface area contributed by atoms with Crippen molar-refractivity contribution in [1.29, 1.82) is 0 Å². The number of pyridine rings is 1. The lowest BCUT2D eigenvalue weighted by atomic mass is 9.80. The molecule has 0 fully saturated rings. The number of hydrogen-bond acceptors (Lipinski definition) is 4. The third kappa shape index (κ3) is 1.47. The van der Waals surface area contributed by atoms with Crippen molar-refractivity contribution >= 4 is 12.6 Å². The number of aromatic nitrogens is 1. The highest BCUT2D eigenvalue weighted by Crippen LogP contribution is 2.07. The van der Waals surface area contributed by atoms with Gasteiger partial charge in [-0.1, -0.05) is 0 Å². The summed E-state index contributed by atoms with van der Waals surface area (Å²) in [4.78, 5) is 3.08. The highest BCUT2D eigenvalue weighted by Gasteiger charge is 2.18. The van der Waals surface area contributed by atoms with Gasteiger partial charge in [0.25, 0.3) is 5.95 Å². The zero-order valence-corrected chi connectivity index (χ0v) is 5.40. The van der Waals surface area contributed by atoms with E-state index in [9.17, 15) is 4.39 Å². The van der Waals surface area contributed by atoms with Crippen LogP contribution in [0.1, 0.15) is 0 Å². The van der Waals surface area contributed by atoms with Gasteiger partial charge in [0.2, 0.25) is 0 Å². The van der Waals surface area contributed by atoms with Crippen LogP contribution in [0.3, 0.4) is 0 Å². The van der Waals surface area contributed by atoms with Crippen molar-refractivity contribution in [2.75, 3.05) is 0 Å². The van der Waals surface area contributed by atoms with Crippen LogP contribution in [0.2, 0.25) is 0 Å². The van der Waals surface area contributed by atoms with E-state index in [0.29, 0.717) is 0 Å². The lowest BCUT2D eigenvalue weighted by Crippen LogP contribution is -2.30. The average Bonchev–Trinajstić information content (AvgIpc) is 1.94. The highest BCUT2D eigenvalue weighted by molar-refractivity contribution is 6.59. The smallest absolute Gasteiger partial charge is 0.492 e. The molecule has 0 saturated carbocycles. The minimum atomic E-state index is -1.88. The van der Waals surface area contributed by atoms with Crippen molar-refractivity contribution in [3.05, 3.63) is 18.2 Å². The minimum absolute atomic E-state index is 0.294. The molecule has 0 aromatic carbocycles. The average molecular weight is 157 g/mol. The van der Waals surface area contributed by atoms with Gasteiger partial charge in [-0.3, -0.25) is 0 Å². The van der Waals surface area contributed by atoms with Crippen molar-refractivity contribution < 1.29 is 19.5 Å².